The van der Waals surface area contributed by atoms with Crippen LogP contribution in [0.2, 0.25) is 0 Å². The van der Waals surface area contributed by atoms with Gasteiger partial charge in [-0.05, 0) is 37.5 Å². The second-order valence-electron chi connectivity index (χ2n) is 8.55. The summed E-state index contributed by atoms with van der Waals surface area (Å²) in [6.45, 7) is -0.236. The lowest BCUT2D eigenvalue weighted by atomic mass is 10.0. The van der Waals surface area contributed by atoms with E-state index < -0.39 is 6.17 Å². The number of ether oxygens (including phenoxy) is 2. The zero-order valence-electron chi connectivity index (χ0n) is 19.2. The molecule has 0 saturated carbocycles. The molecule has 6 rings (SSSR count). The molecule has 3 amide bonds. The lowest BCUT2D eigenvalue weighted by Gasteiger charge is -2.40. The van der Waals surface area contributed by atoms with Crippen molar-refractivity contribution in [2.45, 2.75) is 25.4 Å². The molecule has 0 unspecified atom stereocenters. The Morgan fingerprint density at radius 3 is 2.71 bits per heavy atom. The van der Waals surface area contributed by atoms with Crippen molar-refractivity contribution in [2.75, 3.05) is 31.0 Å². The van der Waals surface area contributed by atoms with Gasteiger partial charge in [-0.1, -0.05) is 18.2 Å². The van der Waals surface area contributed by atoms with Crippen molar-refractivity contribution in [1.82, 2.24) is 9.88 Å². The van der Waals surface area contributed by atoms with E-state index in [0.717, 1.165) is 25.0 Å². The van der Waals surface area contributed by atoms with E-state index in [9.17, 15) is 14.4 Å². The number of nitrogens with one attached hydrogen (secondary N) is 1. The average molecular weight is 491 g/mol. The summed E-state index contributed by atoms with van der Waals surface area (Å²) in [5.41, 5.74) is 2.80. The molecule has 1 atom stereocenters. The molecule has 0 radical (unpaired) electrons. The second-order valence-corrected chi connectivity index (χ2v) is 9.64. The van der Waals surface area contributed by atoms with E-state index in [2.05, 4.69) is 10.3 Å². The number of fused-ring (bicyclic) bond motifs is 6. The quantitative estimate of drug-likeness (QED) is 0.588. The van der Waals surface area contributed by atoms with Gasteiger partial charge in [0.25, 0.3) is 11.8 Å². The number of amides is 3. The number of anilines is 2. The maximum absolute atomic E-state index is 13.7. The first kappa shape index (κ1) is 21.6. The maximum atomic E-state index is 13.7. The summed E-state index contributed by atoms with van der Waals surface area (Å²) in [4.78, 5) is 49.1. The number of para-hydroxylation sites is 1. The Morgan fingerprint density at radius 1 is 1.11 bits per heavy atom. The number of rotatable bonds is 5. The van der Waals surface area contributed by atoms with Crippen LogP contribution >= 0.6 is 11.3 Å². The summed E-state index contributed by atoms with van der Waals surface area (Å²) in [7, 11) is 2.97. The fourth-order valence-electron chi connectivity index (χ4n) is 5.14. The van der Waals surface area contributed by atoms with Gasteiger partial charge >= 0.3 is 0 Å². The van der Waals surface area contributed by atoms with Gasteiger partial charge in [-0.3, -0.25) is 19.3 Å². The summed E-state index contributed by atoms with van der Waals surface area (Å²) < 4.78 is 10.9. The molecule has 10 heteroatoms. The van der Waals surface area contributed by atoms with E-state index in [-0.39, 0.29) is 24.3 Å². The van der Waals surface area contributed by atoms with E-state index in [0.29, 0.717) is 39.0 Å². The maximum Gasteiger partial charge on any atom is 0.264 e. The van der Waals surface area contributed by atoms with Crippen molar-refractivity contribution in [2.24, 2.45) is 0 Å². The highest BCUT2D eigenvalue weighted by atomic mass is 32.1. The van der Waals surface area contributed by atoms with Crippen LogP contribution in [0.1, 0.15) is 49.4 Å². The van der Waals surface area contributed by atoms with E-state index in [1.54, 1.807) is 41.3 Å². The number of methoxy groups -OCH3 is 2. The van der Waals surface area contributed by atoms with Crippen molar-refractivity contribution in [3.05, 3.63) is 63.7 Å². The minimum absolute atomic E-state index is 0.236. The van der Waals surface area contributed by atoms with Crippen LogP contribution < -0.4 is 19.7 Å². The molecule has 1 aromatic heterocycles. The van der Waals surface area contributed by atoms with Crippen LogP contribution in [0.15, 0.2) is 36.4 Å². The van der Waals surface area contributed by atoms with Crippen LogP contribution in [0.25, 0.3) is 0 Å². The predicted molar refractivity (Wildman–Crippen MR) is 129 cm³/mol. The van der Waals surface area contributed by atoms with Gasteiger partial charge in [0.2, 0.25) is 5.91 Å². The second kappa shape index (κ2) is 8.09. The lowest BCUT2D eigenvalue weighted by molar-refractivity contribution is -0.117. The van der Waals surface area contributed by atoms with Crippen molar-refractivity contribution in [3.63, 3.8) is 0 Å². The molecule has 3 aliphatic rings. The number of aromatic nitrogens is 1. The van der Waals surface area contributed by atoms with Crippen LogP contribution in [0.3, 0.4) is 0 Å². The van der Waals surface area contributed by atoms with Crippen LogP contribution in [0.5, 0.6) is 11.5 Å². The van der Waals surface area contributed by atoms with Gasteiger partial charge in [0, 0.05) is 10.4 Å². The third-order valence-corrected chi connectivity index (χ3v) is 7.71. The number of carbonyl (C=O) groups is 3. The van der Waals surface area contributed by atoms with Crippen molar-refractivity contribution < 1.29 is 23.9 Å². The van der Waals surface area contributed by atoms with Gasteiger partial charge in [0.05, 0.1) is 36.7 Å². The number of nitrogens with zero attached hydrogens (tertiary/aromatic N) is 3. The average Bonchev–Trinajstić information content (AvgIpc) is 3.53. The van der Waals surface area contributed by atoms with Crippen LogP contribution in [-0.2, 0) is 17.6 Å². The molecule has 178 valence electrons. The Labute approximate surface area is 205 Å². The molecule has 9 nitrogen and oxygen atoms in total. The summed E-state index contributed by atoms with van der Waals surface area (Å²) in [5, 5.41) is 3.38. The highest BCUT2D eigenvalue weighted by Gasteiger charge is 2.50. The standard InChI is InChI=1S/C25H22N4O5S/c1-33-17-11-10-14-20(21(17)34-2)24(32)29-16-8-4-3-6-13(16)23(31)28(22(14)29)12-19(30)27-25-26-15-7-5-9-18(15)35-25/h3-4,6,8,10-11,22H,5,7,9,12H2,1-2H3,(H,26,27,30)/t22-/m1/s1. The van der Waals surface area contributed by atoms with Crippen molar-refractivity contribution in [3.8, 4) is 11.5 Å². The van der Waals surface area contributed by atoms with Gasteiger partial charge in [-0.15, -0.1) is 11.3 Å². The van der Waals surface area contributed by atoms with Gasteiger partial charge < -0.3 is 19.7 Å². The van der Waals surface area contributed by atoms with E-state index >= 15 is 0 Å². The van der Waals surface area contributed by atoms with Gasteiger partial charge in [0.15, 0.2) is 16.6 Å². The number of aryl methyl sites for hydroxylation is 2. The molecule has 3 aromatic rings. The molecular formula is C25H22N4O5S. The molecule has 35 heavy (non-hydrogen) atoms. The number of hydrogen-bond acceptors (Lipinski definition) is 7. The van der Waals surface area contributed by atoms with Crippen LogP contribution in [-0.4, -0.2) is 48.4 Å². The minimum Gasteiger partial charge on any atom is -0.493 e. The minimum atomic E-state index is -0.785. The third kappa shape index (κ3) is 3.20. The molecule has 0 saturated heterocycles. The number of hydrogen-bond donors (Lipinski definition) is 1. The summed E-state index contributed by atoms with van der Waals surface area (Å²) in [6.07, 6.45) is 2.20. The molecule has 0 fully saturated rings. The lowest BCUT2D eigenvalue weighted by Crippen LogP contribution is -2.50. The Balaban J connectivity index is 1.40. The van der Waals surface area contributed by atoms with Gasteiger partial charge in [-0.25, -0.2) is 4.98 Å². The van der Waals surface area contributed by atoms with Crippen molar-refractivity contribution in [1.29, 1.82) is 0 Å². The van der Waals surface area contributed by atoms with Crippen LogP contribution in [0, 0.1) is 0 Å². The Hall–Kier alpha value is -3.92. The Kier molecular flexibility index (Phi) is 4.99. The SMILES string of the molecule is COc1ccc2c(c1OC)C(=O)N1c3ccccc3C(=O)N(CC(=O)Nc3nc4c(s3)CCC4)[C@@H]21. The summed E-state index contributed by atoms with van der Waals surface area (Å²) in [5.74, 6) is -0.292. The third-order valence-electron chi connectivity index (χ3n) is 6.64. The van der Waals surface area contributed by atoms with Gasteiger partial charge in [-0.2, -0.15) is 0 Å². The Bertz CT molecular complexity index is 1380. The number of carbonyl (C=O) groups excluding carboxylic acids is 3. The fraction of sp³-hybridized carbons (Fsp3) is 0.280. The van der Waals surface area contributed by atoms with Crippen LogP contribution in [0.4, 0.5) is 10.8 Å². The number of benzene rings is 2. The molecule has 0 bridgehead atoms. The first-order valence-corrected chi connectivity index (χ1v) is 12.1. The van der Waals surface area contributed by atoms with Gasteiger partial charge in [0.1, 0.15) is 12.7 Å². The number of thiazole rings is 1. The zero-order chi connectivity index (χ0) is 24.3. The fourth-order valence-corrected chi connectivity index (χ4v) is 6.21. The molecule has 2 aliphatic heterocycles. The van der Waals surface area contributed by atoms with Crippen molar-refractivity contribution >= 4 is 39.9 Å². The highest BCUT2D eigenvalue weighted by Crippen LogP contribution is 2.49. The normalized spacial score (nSPS) is 17.6. The molecule has 0 spiro atoms. The first-order chi connectivity index (χ1) is 17.0. The first-order valence-electron chi connectivity index (χ1n) is 11.3. The van der Waals surface area contributed by atoms with E-state index in [1.807, 2.05) is 0 Å². The summed E-state index contributed by atoms with van der Waals surface area (Å²) in [6, 6.07) is 10.4. The molecule has 1 aliphatic carbocycles. The van der Waals surface area contributed by atoms with E-state index in [4.69, 9.17) is 9.47 Å². The summed E-state index contributed by atoms with van der Waals surface area (Å²) >= 11 is 1.48. The predicted octanol–water partition coefficient (Wildman–Crippen LogP) is 3.40. The van der Waals surface area contributed by atoms with E-state index in [1.165, 1.54) is 35.3 Å². The zero-order valence-corrected chi connectivity index (χ0v) is 20.0. The molecular weight excluding hydrogens is 468 g/mol. The topological polar surface area (TPSA) is 101 Å². The smallest absolute Gasteiger partial charge is 0.264 e. The highest BCUT2D eigenvalue weighted by molar-refractivity contribution is 7.15. The molecule has 1 N–H and O–H groups in total. The largest absolute Gasteiger partial charge is 0.493 e. The monoisotopic (exact) mass is 490 g/mol. The molecule has 3 heterocycles. The molecule has 2 aromatic carbocycles. The Morgan fingerprint density at radius 2 is 1.94 bits per heavy atom.